The van der Waals surface area contributed by atoms with Gasteiger partial charge in [-0.15, -0.1) is 11.3 Å². The second-order valence-electron chi connectivity index (χ2n) is 5.92. The number of thiophene rings is 1. The molecule has 0 aliphatic rings. The predicted molar refractivity (Wildman–Crippen MR) is 110 cm³/mol. The largest absolute Gasteiger partial charge is 0.350 e. The van der Waals surface area contributed by atoms with Crippen molar-refractivity contribution in [2.75, 3.05) is 11.5 Å². The van der Waals surface area contributed by atoms with Crippen molar-refractivity contribution in [1.82, 2.24) is 16.1 Å². The Balaban J connectivity index is 1.87. The number of hydroxylamine groups is 1. The summed E-state index contributed by atoms with van der Waals surface area (Å²) in [5.41, 5.74) is 2.56. The third-order valence-electron chi connectivity index (χ3n) is 3.78. The summed E-state index contributed by atoms with van der Waals surface area (Å²) >= 11 is 2.78. The fourth-order valence-electron chi connectivity index (χ4n) is 2.32. The van der Waals surface area contributed by atoms with E-state index >= 15 is 0 Å². The monoisotopic (exact) mass is 421 g/mol. The van der Waals surface area contributed by atoms with Crippen LogP contribution in [0.15, 0.2) is 47.8 Å². The number of hydrogen-bond acceptors (Lipinski definition) is 6. The number of nitrogens with one attached hydrogen (secondary N) is 3. The molecule has 7 nitrogen and oxygen atoms in total. The van der Waals surface area contributed by atoms with E-state index in [0.717, 1.165) is 5.56 Å². The number of rotatable bonds is 11. The molecule has 2 aromatic rings. The fourth-order valence-corrected chi connectivity index (χ4v) is 3.93. The van der Waals surface area contributed by atoms with Crippen LogP contribution in [0.2, 0.25) is 0 Å². The molecule has 2 rings (SSSR count). The molecule has 1 aromatic heterocycles. The van der Waals surface area contributed by atoms with Crippen molar-refractivity contribution in [3.8, 4) is 0 Å². The Kier molecular flexibility index (Phi) is 9.53. The fraction of sp³-hybridized carbons (Fsp3) is 0.316. The summed E-state index contributed by atoms with van der Waals surface area (Å²) in [5.74, 6) is 0.0386. The quantitative estimate of drug-likeness (QED) is 0.253. The SMILES string of the molecule is O=C(CCCSC[C@H](NC(=O)c1cccs1)C(=O)NCc1ccccc1)NO. The van der Waals surface area contributed by atoms with Crippen LogP contribution in [0.25, 0.3) is 0 Å². The molecule has 1 heterocycles. The van der Waals surface area contributed by atoms with Gasteiger partial charge in [0.2, 0.25) is 11.8 Å². The molecule has 0 radical (unpaired) electrons. The minimum absolute atomic E-state index is 0.204. The lowest BCUT2D eigenvalue weighted by Gasteiger charge is -2.18. The van der Waals surface area contributed by atoms with Crippen LogP contribution in [0.3, 0.4) is 0 Å². The van der Waals surface area contributed by atoms with Crippen LogP contribution >= 0.6 is 23.1 Å². The van der Waals surface area contributed by atoms with Gasteiger partial charge in [-0.2, -0.15) is 11.8 Å². The van der Waals surface area contributed by atoms with E-state index < -0.39 is 11.9 Å². The highest BCUT2D eigenvalue weighted by molar-refractivity contribution is 7.99. The smallest absolute Gasteiger partial charge is 0.262 e. The lowest BCUT2D eigenvalue weighted by Crippen LogP contribution is -2.48. The van der Waals surface area contributed by atoms with E-state index in [1.165, 1.54) is 23.1 Å². The van der Waals surface area contributed by atoms with E-state index in [4.69, 9.17) is 5.21 Å². The normalized spacial score (nSPS) is 11.5. The average molecular weight is 422 g/mol. The predicted octanol–water partition coefficient (Wildman–Crippen LogP) is 2.18. The Morgan fingerprint density at radius 1 is 1.11 bits per heavy atom. The molecule has 1 aromatic carbocycles. The lowest BCUT2D eigenvalue weighted by atomic mass is 10.2. The van der Waals surface area contributed by atoms with E-state index in [0.29, 0.717) is 29.3 Å². The molecule has 150 valence electrons. The van der Waals surface area contributed by atoms with E-state index in [1.807, 2.05) is 30.3 Å². The summed E-state index contributed by atoms with van der Waals surface area (Å²) in [6.45, 7) is 0.381. The van der Waals surface area contributed by atoms with Crippen LogP contribution in [0.4, 0.5) is 0 Å². The molecule has 0 saturated heterocycles. The topological polar surface area (TPSA) is 108 Å². The summed E-state index contributed by atoms with van der Waals surface area (Å²) in [4.78, 5) is 36.5. The second-order valence-corrected chi connectivity index (χ2v) is 8.02. The molecule has 0 unspecified atom stereocenters. The molecule has 9 heteroatoms. The Labute approximate surface area is 171 Å². The minimum atomic E-state index is -0.685. The Hall–Kier alpha value is -2.36. The molecular weight excluding hydrogens is 398 g/mol. The first-order valence-corrected chi connectivity index (χ1v) is 10.8. The third-order valence-corrected chi connectivity index (χ3v) is 5.79. The van der Waals surface area contributed by atoms with Gasteiger partial charge in [0.05, 0.1) is 4.88 Å². The van der Waals surface area contributed by atoms with Gasteiger partial charge in [0.1, 0.15) is 6.04 Å². The molecule has 3 amide bonds. The van der Waals surface area contributed by atoms with Gasteiger partial charge in [-0.25, -0.2) is 5.48 Å². The van der Waals surface area contributed by atoms with Crippen LogP contribution < -0.4 is 16.1 Å². The number of hydrogen-bond donors (Lipinski definition) is 4. The first-order valence-electron chi connectivity index (χ1n) is 8.77. The molecule has 0 bridgehead atoms. The zero-order valence-electron chi connectivity index (χ0n) is 15.2. The standard InChI is InChI=1S/C19H23N3O4S2/c23-17(22-26)9-5-10-27-13-15(21-19(25)16-8-4-11-28-16)18(24)20-12-14-6-2-1-3-7-14/h1-4,6-8,11,15,26H,5,9-10,12-13H2,(H,20,24)(H,21,25)(H,22,23)/t15-/m0/s1. The van der Waals surface area contributed by atoms with E-state index in [-0.39, 0.29) is 18.2 Å². The number of amides is 3. The first kappa shape index (κ1) is 21.9. The summed E-state index contributed by atoms with van der Waals surface area (Å²) in [7, 11) is 0. The zero-order valence-corrected chi connectivity index (χ0v) is 16.9. The number of carbonyl (C=O) groups is 3. The summed E-state index contributed by atoms with van der Waals surface area (Å²) in [6.07, 6.45) is 0.768. The van der Waals surface area contributed by atoms with E-state index in [1.54, 1.807) is 23.0 Å². The summed E-state index contributed by atoms with van der Waals surface area (Å²) in [6, 6.07) is 12.3. The van der Waals surface area contributed by atoms with Gasteiger partial charge >= 0.3 is 0 Å². The highest BCUT2D eigenvalue weighted by Gasteiger charge is 2.21. The lowest BCUT2D eigenvalue weighted by molar-refractivity contribution is -0.129. The van der Waals surface area contributed by atoms with Crippen LogP contribution in [0.1, 0.15) is 28.1 Å². The van der Waals surface area contributed by atoms with Gasteiger partial charge in [-0.3, -0.25) is 19.6 Å². The van der Waals surface area contributed by atoms with Crippen LogP contribution in [0.5, 0.6) is 0 Å². The molecule has 0 fully saturated rings. The molecule has 0 aliphatic carbocycles. The highest BCUT2D eigenvalue weighted by atomic mass is 32.2. The van der Waals surface area contributed by atoms with Crippen LogP contribution in [-0.4, -0.2) is 40.5 Å². The van der Waals surface area contributed by atoms with Crippen molar-refractivity contribution in [3.63, 3.8) is 0 Å². The summed E-state index contributed by atoms with van der Waals surface area (Å²) < 4.78 is 0. The van der Waals surface area contributed by atoms with Gasteiger partial charge < -0.3 is 10.6 Å². The van der Waals surface area contributed by atoms with Gasteiger partial charge in [0, 0.05) is 18.7 Å². The van der Waals surface area contributed by atoms with E-state index in [9.17, 15) is 14.4 Å². The zero-order chi connectivity index (χ0) is 20.2. The van der Waals surface area contributed by atoms with E-state index in [2.05, 4.69) is 10.6 Å². The highest BCUT2D eigenvalue weighted by Crippen LogP contribution is 2.11. The molecular formula is C19H23N3O4S2. The van der Waals surface area contributed by atoms with Crippen molar-refractivity contribution in [2.45, 2.75) is 25.4 Å². The first-order chi connectivity index (χ1) is 13.6. The van der Waals surface area contributed by atoms with Crippen LogP contribution in [0, 0.1) is 0 Å². The maximum atomic E-state index is 12.6. The van der Waals surface area contributed by atoms with Crippen molar-refractivity contribution in [1.29, 1.82) is 0 Å². The number of thioether (sulfide) groups is 1. The van der Waals surface area contributed by atoms with Crippen molar-refractivity contribution in [2.24, 2.45) is 0 Å². The Morgan fingerprint density at radius 3 is 2.57 bits per heavy atom. The van der Waals surface area contributed by atoms with Crippen molar-refractivity contribution in [3.05, 3.63) is 58.3 Å². The molecule has 1 atom stereocenters. The molecule has 0 saturated carbocycles. The van der Waals surface area contributed by atoms with Gasteiger partial charge in [-0.1, -0.05) is 36.4 Å². The molecule has 0 aliphatic heterocycles. The van der Waals surface area contributed by atoms with Gasteiger partial charge in [-0.05, 0) is 29.2 Å². The second kappa shape index (κ2) is 12.2. The number of benzene rings is 1. The maximum absolute atomic E-state index is 12.6. The van der Waals surface area contributed by atoms with Crippen molar-refractivity contribution >= 4 is 40.8 Å². The number of carbonyl (C=O) groups excluding carboxylic acids is 3. The molecule has 4 N–H and O–H groups in total. The maximum Gasteiger partial charge on any atom is 0.262 e. The minimum Gasteiger partial charge on any atom is -0.350 e. The molecule has 28 heavy (non-hydrogen) atoms. The third kappa shape index (κ3) is 7.71. The molecule has 0 spiro atoms. The van der Waals surface area contributed by atoms with Crippen molar-refractivity contribution < 1.29 is 19.6 Å². The Bertz CT molecular complexity index is 754. The Morgan fingerprint density at radius 2 is 1.89 bits per heavy atom. The average Bonchev–Trinajstić information content (AvgIpc) is 3.26. The van der Waals surface area contributed by atoms with Gasteiger partial charge in [0.15, 0.2) is 0 Å². The van der Waals surface area contributed by atoms with Crippen LogP contribution in [-0.2, 0) is 16.1 Å². The van der Waals surface area contributed by atoms with Gasteiger partial charge in [0.25, 0.3) is 5.91 Å². The summed E-state index contributed by atoms with van der Waals surface area (Å²) in [5, 5.41) is 15.9.